The molecule has 2 saturated heterocycles. The summed E-state index contributed by atoms with van der Waals surface area (Å²) in [7, 11) is 0. The number of esters is 2. The van der Waals surface area contributed by atoms with Gasteiger partial charge in [-0.1, -0.05) is 19.4 Å². The highest BCUT2D eigenvalue weighted by Gasteiger charge is 2.64. The maximum Gasteiger partial charge on any atom is 0.338 e. The summed E-state index contributed by atoms with van der Waals surface area (Å²) in [5.41, 5.74) is 0.927. The third-order valence-electron chi connectivity index (χ3n) is 7.05. The average molecular weight is 530 g/mol. The van der Waals surface area contributed by atoms with E-state index < -0.39 is 47.7 Å². The molecule has 2 amide bonds. The normalized spacial score (nSPS) is 23.0. The van der Waals surface area contributed by atoms with Crippen molar-refractivity contribution in [3.63, 3.8) is 0 Å². The van der Waals surface area contributed by atoms with Gasteiger partial charge in [-0.15, -0.1) is 0 Å². The van der Waals surface area contributed by atoms with Gasteiger partial charge in [0.25, 0.3) is 0 Å². The molecule has 0 N–H and O–H groups in total. The predicted octanol–water partition coefficient (Wildman–Crippen LogP) is 3.17. The predicted molar refractivity (Wildman–Crippen MR) is 140 cm³/mol. The zero-order valence-electron chi connectivity index (χ0n) is 21.5. The van der Waals surface area contributed by atoms with Gasteiger partial charge in [0.2, 0.25) is 11.8 Å². The molecule has 0 unspecified atom stereocenters. The topological polar surface area (TPSA) is 123 Å². The second-order valence-corrected chi connectivity index (χ2v) is 9.55. The van der Waals surface area contributed by atoms with Crippen LogP contribution in [0.1, 0.15) is 47.4 Å². The molecule has 3 heterocycles. The number of amides is 2. The molecule has 39 heavy (non-hydrogen) atoms. The van der Waals surface area contributed by atoms with E-state index in [2.05, 4.69) is 5.10 Å². The molecular weight excluding hydrogens is 502 g/mol. The number of unbranched alkanes of at least 4 members (excludes halogenated alkanes) is 1. The minimum Gasteiger partial charge on any atom is -0.462 e. The first-order chi connectivity index (χ1) is 18.8. The Morgan fingerprint density at radius 2 is 1.59 bits per heavy atom. The Hall–Kier alpha value is -4.60. The lowest BCUT2D eigenvalue weighted by molar-refractivity contribution is -0.132. The number of hydrazone groups is 1. The van der Waals surface area contributed by atoms with Crippen molar-refractivity contribution in [1.29, 1.82) is 0 Å². The van der Waals surface area contributed by atoms with Crippen molar-refractivity contribution >= 4 is 41.4 Å². The summed E-state index contributed by atoms with van der Waals surface area (Å²) in [5, 5.41) is 5.87. The number of benzene rings is 2. The highest BCUT2D eigenvalue weighted by Crippen LogP contribution is 2.46. The highest BCUT2D eigenvalue weighted by molar-refractivity contribution is 6.24. The average Bonchev–Trinajstić information content (AvgIpc) is 3.41. The first kappa shape index (κ1) is 26.0. The Balaban J connectivity index is 1.41. The van der Waals surface area contributed by atoms with Gasteiger partial charge in [-0.25, -0.2) is 9.69 Å². The van der Waals surface area contributed by atoms with E-state index in [0.717, 1.165) is 17.7 Å². The van der Waals surface area contributed by atoms with E-state index in [4.69, 9.17) is 9.47 Å². The number of ketones is 1. The number of carbonyl (C=O) groups is 5. The largest absolute Gasteiger partial charge is 0.462 e. The van der Waals surface area contributed by atoms with E-state index in [1.165, 1.54) is 66.7 Å². The van der Waals surface area contributed by atoms with Gasteiger partial charge in [0.15, 0.2) is 5.78 Å². The SMILES string of the molecule is CCCCOC(=O)c1ccc(N2C(=O)[C@@H]3[C@@H](C2=O)[C@@H]2C=CC=NN2[C@@H]3C(=O)c2ccc(OC(C)=O)cc2)cc1. The van der Waals surface area contributed by atoms with E-state index in [9.17, 15) is 24.0 Å². The molecule has 0 saturated carbocycles. The minimum atomic E-state index is -1.00. The van der Waals surface area contributed by atoms with Crippen LogP contribution in [0.4, 0.5) is 5.69 Å². The number of rotatable bonds is 8. The van der Waals surface area contributed by atoms with Crippen molar-refractivity contribution in [2.75, 3.05) is 11.5 Å². The fourth-order valence-electron chi connectivity index (χ4n) is 5.25. The maximum absolute atomic E-state index is 13.8. The second-order valence-electron chi connectivity index (χ2n) is 9.55. The summed E-state index contributed by atoms with van der Waals surface area (Å²) >= 11 is 0. The molecule has 2 fully saturated rings. The molecule has 3 aliphatic heterocycles. The molecule has 0 aliphatic carbocycles. The maximum atomic E-state index is 13.8. The number of anilines is 1. The van der Waals surface area contributed by atoms with Gasteiger partial charge in [-0.05, 0) is 61.0 Å². The number of nitrogens with zero attached hydrogens (tertiary/aromatic N) is 3. The third kappa shape index (κ3) is 4.73. The summed E-state index contributed by atoms with van der Waals surface area (Å²) < 4.78 is 10.3. The molecule has 10 heteroatoms. The van der Waals surface area contributed by atoms with E-state index in [1.807, 2.05) is 6.92 Å². The van der Waals surface area contributed by atoms with E-state index in [-0.39, 0.29) is 11.5 Å². The van der Waals surface area contributed by atoms with Gasteiger partial charge in [-0.3, -0.25) is 24.2 Å². The lowest BCUT2D eigenvalue weighted by Gasteiger charge is -2.30. The Labute approximate surface area is 224 Å². The van der Waals surface area contributed by atoms with Gasteiger partial charge in [-0.2, -0.15) is 5.10 Å². The fraction of sp³-hybridized carbons (Fsp3) is 0.310. The van der Waals surface area contributed by atoms with Crippen molar-refractivity contribution < 1.29 is 33.4 Å². The standard InChI is InChI=1S/C29H27N3O7/c1-3-4-16-38-29(37)19-7-11-20(12-8-19)31-27(35)23-22-6-5-15-30-32(22)25(24(23)28(31)36)26(34)18-9-13-21(14-10-18)39-17(2)33/h5-15,22-25H,3-4,16H2,1-2H3/t22-,23-,24+,25-/m0/s1. The molecule has 0 spiro atoms. The zero-order chi connectivity index (χ0) is 27.7. The van der Waals surface area contributed by atoms with E-state index in [0.29, 0.717) is 23.4 Å². The van der Waals surface area contributed by atoms with Crippen molar-refractivity contribution in [3.05, 3.63) is 71.8 Å². The Morgan fingerprint density at radius 3 is 2.26 bits per heavy atom. The summed E-state index contributed by atoms with van der Waals surface area (Å²) in [6, 6.07) is 10.6. The van der Waals surface area contributed by atoms with Crippen molar-refractivity contribution in [2.45, 2.75) is 38.8 Å². The lowest BCUT2D eigenvalue weighted by Crippen LogP contribution is -2.46. The fourth-order valence-corrected chi connectivity index (χ4v) is 5.25. The third-order valence-corrected chi connectivity index (χ3v) is 7.05. The molecule has 10 nitrogen and oxygen atoms in total. The molecule has 4 atom stereocenters. The number of hydrogen-bond acceptors (Lipinski definition) is 9. The lowest BCUT2D eigenvalue weighted by atomic mass is 9.86. The Kier molecular flexibility index (Phi) is 7.10. The van der Waals surface area contributed by atoms with Gasteiger partial charge in [0.05, 0.1) is 35.7 Å². The summed E-state index contributed by atoms with van der Waals surface area (Å²) in [4.78, 5) is 65.7. The van der Waals surface area contributed by atoms with Crippen LogP contribution < -0.4 is 9.64 Å². The van der Waals surface area contributed by atoms with Crippen LogP contribution in [0.5, 0.6) is 5.75 Å². The monoisotopic (exact) mass is 529 g/mol. The van der Waals surface area contributed by atoms with Crippen LogP contribution in [-0.4, -0.2) is 59.5 Å². The highest BCUT2D eigenvalue weighted by atomic mass is 16.5. The van der Waals surface area contributed by atoms with Crippen LogP contribution in [0, 0.1) is 11.8 Å². The molecular formula is C29H27N3O7. The van der Waals surface area contributed by atoms with E-state index in [1.54, 1.807) is 12.2 Å². The molecule has 2 aromatic carbocycles. The molecule has 0 aromatic heterocycles. The second kappa shape index (κ2) is 10.6. The zero-order valence-corrected chi connectivity index (χ0v) is 21.5. The number of ether oxygens (including phenoxy) is 2. The molecule has 0 bridgehead atoms. The molecule has 200 valence electrons. The van der Waals surface area contributed by atoms with Gasteiger partial charge in [0.1, 0.15) is 11.8 Å². The quantitative estimate of drug-likeness (QED) is 0.168. The summed E-state index contributed by atoms with van der Waals surface area (Å²) in [6.45, 7) is 3.59. The van der Waals surface area contributed by atoms with Crippen molar-refractivity contribution in [3.8, 4) is 5.75 Å². The smallest absolute Gasteiger partial charge is 0.338 e. The number of carbonyl (C=O) groups excluding carboxylic acids is 5. The number of Topliss-reactive ketones (excluding diaryl/α,β-unsaturated/α-hetero) is 1. The summed E-state index contributed by atoms with van der Waals surface area (Å²) in [6.07, 6.45) is 6.64. The van der Waals surface area contributed by atoms with Crippen molar-refractivity contribution in [1.82, 2.24) is 5.01 Å². The first-order valence-corrected chi connectivity index (χ1v) is 12.8. The van der Waals surface area contributed by atoms with Crippen LogP contribution >= 0.6 is 0 Å². The van der Waals surface area contributed by atoms with Crippen molar-refractivity contribution in [2.24, 2.45) is 16.9 Å². The Morgan fingerprint density at radius 1 is 0.923 bits per heavy atom. The van der Waals surface area contributed by atoms with Gasteiger partial charge < -0.3 is 9.47 Å². The van der Waals surface area contributed by atoms with Gasteiger partial charge >= 0.3 is 11.9 Å². The Bertz CT molecular complexity index is 1380. The molecule has 5 rings (SSSR count). The van der Waals surface area contributed by atoms with E-state index >= 15 is 0 Å². The van der Waals surface area contributed by atoms with Crippen LogP contribution in [-0.2, 0) is 19.1 Å². The molecule has 0 radical (unpaired) electrons. The first-order valence-electron chi connectivity index (χ1n) is 12.8. The van der Waals surface area contributed by atoms with Crippen LogP contribution in [0.3, 0.4) is 0 Å². The number of allylic oxidation sites excluding steroid dienone is 1. The summed E-state index contributed by atoms with van der Waals surface area (Å²) in [5.74, 6) is -3.74. The molecule has 2 aromatic rings. The number of hydrogen-bond donors (Lipinski definition) is 0. The van der Waals surface area contributed by atoms with Crippen LogP contribution in [0.25, 0.3) is 0 Å². The number of fused-ring (bicyclic) bond motifs is 3. The molecule has 3 aliphatic rings. The van der Waals surface area contributed by atoms with Gasteiger partial charge in [0, 0.05) is 18.7 Å². The van der Waals surface area contributed by atoms with Crippen LogP contribution in [0.2, 0.25) is 0 Å². The minimum absolute atomic E-state index is 0.288. The number of imide groups is 1. The van der Waals surface area contributed by atoms with Crippen LogP contribution in [0.15, 0.2) is 65.8 Å².